The third-order valence-electron chi connectivity index (χ3n) is 3.33. The van der Waals surface area contributed by atoms with Crippen LogP contribution in [0.15, 0.2) is 12.3 Å². The zero-order valence-electron chi connectivity index (χ0n) is 9.34. The fraction of sp³-hybridized carbons (Fsp3) is 0.750. The molecule has 1 heterocycles. The molecule has 3 nitrogen and oxygen atoms in total. The van der Waals surface area contributed by atoms with E-state index in [0.717, 1.165) is 19.0 Å². The second-order valence-corrected chi connectivity index (χ2v) is 4.55. The number of aromatic nitrogens is 2. The number of aromatic amines is 1. The van der Waals surface area contributed by atoms with E-state index in [2.05, 4.69) is 15.5 Å². The van der Waals surface area contributed by atoms with Crippen LogP contribution in [-0.2, 0) is 6.54 Å². The van der Waals surface area contributed by atoms with E-state index < -0.39 is 0 Å². The molecule has 0 aliphatic heterocycles. The van der Waals surface area contributed by atoms with Crippen LogP contribution in [0, 0.1) is 5.92 Å². The molecule has 2 N–H and O–H groups in total. The van der Waals surface area contributed by atoms with Crippen molar-refractivity contribution in [3.63, 3.8) is 0 Å². The highest BCUT2D eigenvalue weighted by molar-refractivity contribution is 4.96. The molecule has 2 rings (SSSR count). The van der Waals surface area contributed by atoms with E-state index in [0.29, 0.717) is 0 Å². The maximum Gasteiger partial charge on any atom is 0.0490 e. The fourth-order valence-electron chi connectivity index (χ4n) is 2.39. The van der Waals surface area contributed by atoms with Crippen LogP contribution in [0.5, 0.6) is 0 Å². The topological polar surface area (TPSA) is 40.7 Å². The van der Waals surface area contributed by atoms with Crippen molar-refractivity contribution in [1.82, 2.24) is 15.5 Å². The smallest absolute Gasteiger partial charge is 0.0490 e. The summed E-state index contributed by atoms with van der Waals surface area (Å²) in [6.07, 6.45) is 10.4. The van der Waals surface area contributed by atoms with Gasteiger partial charge in [-0.05, 0) is 24.9 Å². The monoisotopic (exact) mass is 207 g/mol. The van der Waals surface area contributed by atoms with Gasteiger partial charge in [-0.3, -0.25) is 5.10 Å². The SMILES string of the molecule is c1cc(CNCCC2CCCCC2)[nH]n1. The van der Waals surface area contributed by atoms with Crippen LogP contribution < -0.4 is 5.32 Å². The number of hydrogen-bond acceptors (Lipinski definition) is 2. The van der Waals surface area contributed by atoms with E-state index in [1.165, 1.54) is 44.2 Å². The van der Waals surface area contributed by atoms with E-state index in [1.54, 1.807) is 6.20 Å². The van der Waals surface area contributed by atoms with E-state index in [1.807, 2.05) is 6.07 Å². The standard InChI is InChI=1S/C12H21N3/c1-2-4-11(5-3-1)6-8-13-10-12-7-9-14-15-12/h7,9,11,13H,1-6,8,10H2,(H,14,15). The maximum absolute atomic E-state index is 3.93. The highest BCUT2D eigenvalue weighted by atomic mass is 15.1. The molecule has 3 heteroatoms. The lowest BCUT2D eigenvalue weighted by atomic mass is 9.87. The summed E-state index contributed by atoms with van der Waals surface area (Å²) in [5, 5.41) is 10.4. The summed E-state index contributed by atoms with van der Waals surface area (Å²) in [5.41, 5.74) is 1.18. The summed E-state index contributed by atoms with van der Waals surface area (Å²) in [6.45, 7) is 2.07. The van der Waals surface area contributed by atoms with Crippen molar-refractivity contribution in [2.24, 2.45) is 5.92 Å². The van der Waals surface area contributed by atoms with Gasteiger partial charge in [0.25, 0.3) is 0 Å². The summed E-state index contributed by atoms with van der Waals surface area (Å²) >= 11 is 0. The van der Waals surface area contributed by atoms with Gasteiger partial charge in [0.15, 0.2) is 0 Å². The van der Waals surface area contributed by atoms with Crippen LogP contribution in [0.2, 0.25) is 0 Å². The molecule has 15 heavy (non-hydrogen) atoms. The van der Waals surface area contributed by atoms with Crippen LogP contribution in [-0.4, -0.2) is 16.7 Å². The molecule has 1 aliphatic rings. The minimum Gasteiger partial charge on any atom is -0.311 e. The van der Waals surface area contributed by atoms with Gasteiger partial charge in [0.2, 0.25) is 0 Å². The molecule has 1 aromatic rings. The minimum atomic E-state index is 0.923. The van der Waals surface area contributed by atoms with Gasteiger partial charge in [-0.15, -0.1) is 0 Å². The first-order valence-corrected chi connectivity index (χ1v) is 6.14. The second-order valence-electron chi connectivity index (χ2n) is 4.55. The van der Waals surface area contributed by atoms with Crippen LogP contribution in [0.25, 0.3) is 0 Å². The predicted octanol–water partition coefficient (Wildman–Crippen LogP) is 2.47. The Morgan fingerprint density at radius 1 is 1.33 bits per heavy atom. The van der Waals surface area contributed by atoms with Crippen molar-refractivity contribution in [3.8, 4) is 0 Å². The van der Waals surface area contributed by atoms with Crippen molar-refractivity contribution in [2.45, 2.75) is 45.1 Å². The fourth-order valence-corrected chi connectivity index (χ4v) is 2.39. The second kappa shape index (κ2) is 5.91. The third-order valence-corrected chi connectivity index (χ3v) is 3.33. The lowest BCUT2D eigenvalue weighted by molar-refractivity contribution is 0.333. The zero-order valence-corrected chi connectivity index (χ0v) is 9.34. The molecule has 1 aromatic heterocycles. The molecule has 84 valence electrons. The summed E-state index contributed by atoms with van der Waals surface area (Å²) < 4.78 is 0. The summed E-state index contributed by atoms with van der Waals surface area (Å²) in [7, 11) is 0. The number of rotatable bonds is 5. The Bertz CT molecular complexity index is 250. The largest absolute Gasteiger partial charge is 0.311 e. The molecule has 0 aromatic carbocycles. The molecule has 0 unspecified atom stereocenters. The van der Waals surface area contributed by atoms with Crippen LogP contribution in [0.3, 0.4) is 0 Å². The highest BCUT2D eigenvalue weighted by Crippen LogP contribution is 2.25. The quantitative estimate of drug-likeness (QED) is 0.728. The Labute approximate surface area is 91.7 Å². The first kappa shape index (κ1) is 10.7. The van der Waals surface area contributed by atoms with Gasteiger partial charge < -0.3 is 5.32 Å². The Balaban J connectivity index is 1.54. The average Bonchev–Trinajstić information content (AvgIpc) is 2.79. The Morgan fingerprint density at radius 2 is 2.20 bits per heavy atom. The van der Waals surface area contributed by atoms with Crippen molar-refractivity contribution in [1.29, 1.82) is 0 Å². The zero-order chi connectivity index (χ0) is 10.3. The summed E-state index contributed by atoms with van der Waals surface area (Å²) in [6, 6.07) is 2.02. The summed E-state index contributed by atoms with van der Waals surface area (Å²) in [4.78, 5) is 0. The minimum absolute atomic E-state index is 0.923. The Morgan fingerprint density at radius 3 is 2.93 bits per heavy atom. The van der Waals surface area contributed by atoms with Gasteiger partial charge in [0.1, 0.15) is 0 Å². The van der Waals surface area contributed by atoms with E-state index in [9.17, 15) is 0 Å². The van der Waals surface area contributed by atoms with Gasteiger partial charge in [0, 0.05) is 18.4 Å². The van der Waals surface area contributed by atoms with Gasteiger partial charge in [-0.2, -0.15) is 5.10 Å². The van der Waals surface area contributed by atoms with Crippen LogP contribution in [0.1, 0.15) is 44.2 Å². The molecule has 0 amide bonds. The molecule has 0 atom stereocenters. The predicted molar refractivity (Wildman–Crippen MR) is 61.5 cm³/mol. The average molecular weight is 207 g/mol. The lowest BCUT2D eigenvalue weighted by Crippen LogP contribution is -2.19. The molecule has 0 saturated heterocycles. The van der Waals surface area contributed by atoms with E-state index in [4.69, 9.17) is 0 Å². The number of H-pyrrole nitrogens is 1. The molecule has 1 fully saturated rings. The molecule has 1 saturated carbocycles. The third kappa shape index (κ3) is 3.67. The molecule has 0 spiro atoms. The number of nitrogens with one attached hydrogen (secondary N) is 2. The molecule has 0 radical (unpaired) electrons. The van der Waals surface area contributed by atoms with E-state index in [-0.39, 0.29) is 0 Å². The lowest BCUT2D eigenvalue weighted by Gasteiger charge is -2.21. The van der Waals surface area contributed by atoms with Crippen molar-refractivity contribution < 1.29 is 0 Å². The summed E-state index contributed by atoms with van der Waals surface area (Å²) in [5.74, 6) is 0.980. The van der Waals surface area contributed by atoms with Gasteiger partial charge in [-0.25, -0.2) is 0 Å². The van der Waals surface area contributed by atoms with E-state index >= 15 is 0 Å². The molecule has 0 bridgehead atoms. The highest BCUT2D eigenvalue weighted by Gasteiger charge is 2.12. The molecule has 1 aliphatic carbocycles. The molecular weight excluding hydrogens is 186 g/mol. The van der Waals surface area contributed by atoms with Crippen molar-refractivity contribution >= 4 is 0 Å². The van der Waals surface area contributed by atoms with Gasteiger partial charge in [0.05, 0.1) is 0 Å². The Kier molecular flexibility index (Phi) is 4.21. The van der Waals surface area contributed by atoms with Crippen LogP contribution >= 0.6 is 0 Å². The van der Waals surface area contributed by atoms with Gasteiger partial charge in [-0.1, -0.05) is 32.1 Å². The Hall–Kier alpha value is -0.830. The van der Waals surface area contributed by atoms with Crippen LogP contribution in [0.4, 0.5) is 0 Å². The molecular formula is C12H21N3. The normalized spacial score (nSPS) is 18.1. The number of nitrogens with zero attached hydrogens (tertiary/aromatic N) is 1. The first-order valence-electron chi connectivity index (χ1n) is 6.14. The van der Waals surface area contributed by atoms with Gasteiger partial charge >= 0.3 is 0 Å². The van der Waals surface area contributed by atoms with Crippen molar-refractivity contribution in [2.75, 3.05) is 6.54 Å². The number of hydrogen-bond donors (Lipinski definition) is 2. The van der Waals surface area contributed by atoms with Crippen molar-refractivity contribution in [3.05, 3.63) is 18.0 Å². The first-order chi connectivity index (χ1) is 7.45. The maximum atomic E-state index is 3.93.